The number of rotatable bonds is 10. The van der Waals surface area contributed by atoms with E-state index in [2.05, 4.69) is 11.9 Å². The van der Waals surface area contributed by atoms with Crippen LogP contribution in [0.1, 0.15) is 49.0 Å². The molecule has 1 atom stereocenters. The molecule has 4 aromatic carbocycles. The zero-order valence-electron chi connectivity index (χ0n) is 27.2. The largest absolute Gasteiger partial charge is 0.502 e. The van der Waals surface area contributed by atoms with Crippen LogP contribution in [0.15, 0.2) is 60.7 Å². The first-order chi connectivity index (χ1) is 22.7. The molecule has 244 valence electrons. The lowest BCUT2D eigenvalue weighted by Crippen LogP contribution is -2.34. The molecule has 4 aromatic rings. The molecule has 0 aliphatic carbocycles. The minimum absolute atomic E-state index is 0.0874. The second kappa shape index (κ2) is 13.3. The highest BCUT2D eigenvalue weighted by Crippen LogP contribution is 2.50. The second-order valence-electron chi connectivity index (χ2n) is 11.8. The van der Waals surface area contributed by atoms with Gasteiger partial charge in [-0.05, 0) is 91.5 Å². The number of nitrogens with zero attached hydrogens (tertiary/aromatic N) is 2. The lowest BCUT2D eigenvalue weighted by molar-refractivity contribution is 0.0780. The second-order valence-corrected chi connectivity index (χ2v) is 11.8. The van der Waals surface area contributed by atoms with E-state index < -0.39 is 0 Å². The average Bonchev–Trinajstić information content (AvgIpc) is 3.09. The molecule has 2 aliphatic rings. The fourth-order valence-corrected chi connectivity index (χ4v) is 6.29. The molecule has 0 fully saturated rings. The number of likely N-dealkylation sites (N-methyl/N-ethyl adjacent to an activating group) is 2. The van der Waals surface area contributed by atoms with E-state index in [0.29, 0.717) is 65.0 Å². The third-order valence-corrected chi connectivity index (χ3v) is 8.96. The molecule has 0 aromatic heterocycles. The normalized spacial score (nSPS) is 15.8. The first-order valence-corrected chi connectivity index (χ1v) is 15.4. The van der Waals surface area contributed by atoms with Crippen molar-refractivity contribution in [1.82, 2.24) is 9.80 Å². The fourth-order valence-electron chi connectivity index (χ4n) is 6.29. The van der Waals surface area contributed by atoms with Crippen LogP contribution < -0.4 is 23.7 Å². The molecule has 1 N–H and O–H groups in total. The van der Waals surface area contributed by atoms with Gasteiger partial charge in [0.1, 0.15) is 12.0 Å². The number of phenols is 1. The van der Waals surface area contributed by atoms with E-state index in [1.807, 2.05) is 36.4 Å². The summed E-state index contributed by atoms with van der Waals surface area (Å²) in [5.74, 6) is 2.75. The Bertz CT molecular complexity index is 1820. The number of carbonyl (C=O) groups is 2. The molecule has 0 radical (unpaired) electrons. The van der Waals surface area contributed by atoms with Crippen LogP contribution in [-0.2, 0) is 19.3 Å². The molecule has 47 heavy (non-hydrogen) atoms. The Hall–Kier alpha value is -5.22. The van der Waals surface area contributed by atoms with Crippen LogP contribution in [0, 0.1) is 0 Å². The molecule has 1 amide bonds. The number of carbonyl (C=O) groups excluding carboxylic acids is 2. The number of aromatic hydroxyl groups is 1. The number of amides is 1. The number of hydrogen-bond acceptors (Lipinski definition) is 9. The van der Waals surface area contributed by atoms with Crippen LogP contribution in [0.3, 0.4) is 0 Å². The number of ether oxygens (including phenoxy) is 5. The maximum Gasteiger partial charge on any atom is 0.254 e. The van der Waals surface area contributed by atoms with Crippen molar-refractivity contribution in [3.63, 3.8) is 0 Å². The van der Waals surface area contributed by atoms with Crippen molar-refractivity contribution >= 4 is 12.2 Å². The molecule has 10 nitrogen and oxygen atoms in total. The monoisotopic (exact) mass is 638 g/mol. The molecule has 0 saturated carbocycles. The van der Waals surface area contributed by atoms with Crippen LogP contribution in [-0.4, -0.2) is 75.6 Å². The van der Waals surface area contributed by atoms with Crippen molar-refractivity contribution in [2.45, 2.75) is 25.3 Å². The summed E-state index contributed by atoms with van der Waals surface area (Å²) in [4.78, 5) is 28.3. The van der Waals surface area contributed by atoms with E-state index in [-0.39, 0.29) is 23.4 Å². The lowest BCUT2D eigenvalue weighted by Gasteiger charge is -2.36. The lowest BCUT2D eigenvalue weighted by atomic mass is 9.87. The van der Waals surface area contributed by atoms with Crippen LogP contribution in [0.2, 0.25) is 0 Å². The molecule has 0 saturated heterocycles. The van der Waals surface area contributed by atoms with Gasteiger partial charge in [0, 0.05) is 42.9 Å². The Morgan fingerprint density at radius 1 is 0.787 bits per heavy atom. The maximum absolute atomic E-state index is 13.0. The van der Waals surface area contributed by atoms with Gasteiger partial charge in [-0.25, -0.2) is 0 Å². The van der Waals surface area contributed by atoms with Gasteiger partial charge in [0.25, 0.3) is 5.91 Å². The van der Waals surface area contributed by atoms with Gasteiger partial charge in [0.2, 0.25) is 5.75 Å². The summed E-state index contributed by atoms with van der Waals surface area (Å²) in [6.07, 6.45) is 2.82. The number of aldehydes is 1. The van der Waals surface area contributed by atoms with Crippen LogP contribution in [0.5, 0.6) is 46.0 Å². The number of methoxy groups -OCH3 is 3. The zero-order chi connectivity index (χ0) is 33.2. The number of benzene rings is 4. The summed E-state index contributed by atoms with van der Waals surface area (Å²) in [6, 6.07) is 18.0. The minimum Gasteiger partial charge on any atom is -0.502 e. The molecule has 10 heteroatoms. The molecule has 2 heterocycles. The third kappa shape index (κ3) is 6.16. The van der Waals surface area contributed by atoms with Crippen molar-refractivity contribution < 1.29 is 38.4 Å². The smallest absolute Gasteiger partial charge is 0.254 e. The Balaban J connectivity index is 1.34. The van der Waals surface area contributed by atoms with Gasteiger partial charge in [-0.1, -0.05) is 12.1 Å². The Kier molecular flexibility index (Phi) is 8.95. The van der Waals surface area contributed by atoms with Gasteiger partial charge in [0.15, 0.2) is 34.5 Å². The highest BCUT2D eigenvalue weighted by Gasteiger charge is 2.33. The number of hydrogen-bond donors (Lipinski definition) is 1. The van der Waals surface area contributed by atoms with Crippen LogP contribution in [0.4, 0.5) is 0 Å². The minimum atomic E-state index is -0.155. The standard InChI is InChI=1S/C37H38N2O8/c1-38-14-13-25-19-33(45-5)35(41)36(47-32-20-27-24(18-30(32)44-4)12-15-39(2)37(27)42)34(25)28(38)16-22-6-9-26(10-7-22)46-31-17-23(21-40)8-11-29(31)43-3/h6-11,17-21,28,41H,12-16H2,1-5H3. The Labute approximate surface area is 274 Å². The van der Waals surface area contributed by atoms with E-state index in [1.54, 1.807) is 50.4 Å². The van der Waals surface area contributed by atoms with Crippen molar-refractivity contribution in [3.8, 4) is 46.0 Å². The van der Waals surface area contributed by atoms with E-state index in [0.717, 1.165) is 41.5 Å². The molecular weight excluding hydrogens is 600 g/mol. The van der Waals surface area contributed by atoms with Crippen molar-refractivity contribution in [2.24, 2.45) is 0 Å². The molecule has 6 rings (SSSR count). The highest BCUT2D eigenvalue weighted by atomic mass is 16.5. The average molecular weight is 639 g/mol. The van der Waals surface area contributed by atoms with Gasteiger partial charge >= 0.3 is 0 Å². The predicted molar refractivity (Wildman–Crippen MR) is 176 cm³/mol. The van der Waals surface area contributed by atoms with Gasteiger partial charge in [0.05, 0.1) is 21.3 Å². The van der Waals surface area contributed by atoms with E-state index >= 15 is 0 Å². The molecule has 0 spiro atoms. The third-order valence-electron chi connectivity index (χ3n) is 8.96. The van der Waals surface area contributed by atoms with Crippen molar-refractivity contribution in [2.75, 3.05) is 48.5 Å². The highest BCUT2D eigenvalue weighted by molar-refractivity contribution is 5.97. The predicted octanol–water partition coefficient (Wildman–Crippen LogP) is 6.21. The summed E-state index contributed by atoms with van der Waals surface area (Å²) in [5, 5.41) is 11.5. The first kappa shape index (κ1) is 31.7. The summed E-state index contributed by atoms with van der Waals surface area (Å²) < 4.78 is 29.3. The molecule has 0 bridgehead atoms. The topological polar surface area (TPSA) is 107 Å². The Morgan fingerprint density at radius 3 is 2.17 bits per heavy atom. The van der Waals surface area contributed by atoms with Gasteiger partial charge in [-0.2, -0.15) is 0 Å². The molecule has 2 aliphatic heterocycles. The fraction of sp³-hybridized carbons (Fsp3) is 0.297. The SMILES string of the molecule is COc1ccc(C=O)cc1Oc1ccc(CC2c3c(cc(OC)c(O)c3Oc3cc4c(cc3OC)CCN(C)C4=O)CCN2C)cc1. The summed E-state index contributed by atoms with van der Waals surface area (Å²) in [7, 11) is 8.46. The first-order valence-electron chi connectivity index (χ1n) is 15.4. The summed E-state index contributed by atoms with van der Waals surface area (Å²) in [6.45, 7) is 1.42. The quantitative estimate of drug-likeness (QED) is 0.203. The van der Waals surface area contributed by atoms with Gasteiger partial charge in [-0.3, -0.25) is 14.5 Å². The van der Waals surface area contributed by atoms with E-state index in [1.165, 1.54) is 7.11 Å². The van der Waals surface area contributed by atoms with Crippen LogP contribution >= 0.6 is 0 Å². The van der Waals surface area contributed by atoms with Crippen LogP contribution in [0.25, 0.3) is 0 Å². The van der Waals surface area contributed by atoms with Crippen molar-refractivity contribution in [3.05, 3.63) is 94.0 Å². The Morgan fingerprint density at radius 2 is 1.47 bits per heavy atom. The number of phenolic OH excluding ortho intramolecular Hbond substituents is 1. The van der Waals surface area contributed by atoms with E-state index in [4.69, 9.17) is 23.7 Å². The molecule has 1 unspecified atom stereocenters. The van der Waals surface area contributed by atoms with Gasteiger partial charge < -0.3 is 33.7 Å². The number of fused-ring (bicyclic) bond motifs is 2. The zero-order valence-corrected chi connectivity index (χ0v) is 27.2. The van der Waals surface area contributed by atoms with E-state index in [9.17, 15) is 14.7 Å². The van der Waals surface area contributed by atoms with Gasteiger partial charge in [-0.15, -0.1) is 0 Å². The van der Waals surface area contributed by atoms with Crippen molar-refractivity contribution in [1.29, 1.82) is 0 Å². The maximum atomic E-state index is 13.0. The molecular formula is C37H38N2O8. The summed E-state index contributed by atoms with van der Waals surface area (Å²) in [5.41, 5.74) is 4.83. The summed E-state index contributed by atoms with van der Waals surface area (Å²) >= 11 is 0.